The number of cyclic esters (lactones) is 1. The van der Waals surface area contributed by atoms with Crippen LogP contribution in [0.3, 0.4) is 0 Å². The number of ether oxygens (including phenoxy) is 2. The molecular weight excluding hydrogens is 430 g/mol. The highest BCUT2D eigenvalue weighted by Gasteiger charge is 2.34. The van der Waals surface area contributed by atoms with Crippen LogP contribution in [0.2, 0.25) is 4.34 Å². The molecule has 0 saturated carbocycles. The molecule has 1 aromatic carbocycles. The second-order valence-corrected chi connectivity index (χ2v) is 8.74. The second-order valence-electron chi connectivity index (χ2n) is 7.02. The Morgan fingerprint density at radius 1 is 1.17 bits per heavy atom. The van der Waals surface area contributed by atoms with Gasteiger partial charge in [-0.3, -0.25) is 14.5 Å². The predicted octanol–water partition coefficient (Wildman–Crippen LogP) is 2.86. The molecule has 0 aliphatic carbocycles. The van der Waals surface area contributed by atoms with Crippen LogP contribution in [-0.2, 0) is 14.3 Å². The van der Waals surface area contributed by atoms with Gasteiger partial charge in [-0.05, 0) is 36.4 Å². The number of likely N-dealkylation sites (N-methyl/N-ethyl adjacent to an activating group) is 1. The molecule has 1 atom stereocenters. The summed E-state index contributed by atoms with van der Waals surface area (Å²) >= 11 is 7.11. The van der Waals surface area contributed by atoms with Crippen LogP contribution in [0.4, 0.5) is 16.2 Å². The van der Waals surface area contributed by atoms with Gasteiger partial charge >= 0.3 is 6.09 Å². The summed E-state index contributed by atoms with van der Waals surface area (Å²) in [6.45, 7) is 1.68. The third-order valence-electron chi connectivity index (χ3n) is 4.94. The van der Waals surface area contributed by atoms with Gasteiger partial charge in [0.2, 0.25) is 0 Å². The molecule has 3 heterocycles. The van der Waals surface area contributed by atoms with E-state index in [4.69, 9.17) is 21.1 Å². The number of carbonyl (C=O) groups is 3. The van der Waals surface area contributed by atoms with Crippen LogP contribution in [0, 0.1) is 0 Å². The molecule has 2 fully saturated rings. The number of hydrogen-bond donors (Lipinski definition) is 0. The summed E-state index contributed by atoms with van der Waals surface area (Å²) in [6, 6.07) is 10.5. The Kier molecular flexibility index (Phi) is 5.94. The lowest BCUT2D eigenvalue weighted by molar-refractivity contribution is -0.125. The van der Waals surface area contributed by atoms with Crippen LogP contribution in [0.1, 0.15) is 9.67 Å². The lowest BCUT2D eigenvalue weighted by Gasteiger charge is -2.27. The number of morpholine rings is 1. The van der Waals surface area contributed by atoms with Crippen LogP contribution in [0.5, 0.6) is 0 Å². The maximum Gasteiger partial charge on any atom is 0.414 e. The highest BCUT2D eigenvalue weighted by molar-refractivity contribution is 7.17. The van der Waals surface area contributed by atoms with E-state index in [1.54, 1.807) is 48.3 Å². The monoisotopic (exact) mass is 449 g/mol. The molecule has 0 radical (unpaired) electrons. The molecule has 158 valence electrons. The van der Waals surface area contributed by atoms with Crippen molar-refractivity contribution < 1.29 is 23.9 Å². The quantitative estimate of drug-likeness (QED) is 0.701. The summed E-state index contributed by atoms with van der Waals surface area (Å²) < 4.78 is 11.1. The van der Waals surface area contributed by atoms with Gasteiger partial charge < -0.3 is 19.3 Å². The normalized spacial score (nSPS) is 19.2. The van der Waals surface area contributed by atoms with E-state index in [0.717, 1.165) is 5.69 Å². The molecule has 2 aromatic rings. The molecule has 0 N–H and O–H groups in total. The number of amides is 3. The van der Waals surface area contributed by atoms with Gasteiger partial charge in [0.1, 0.15) is 12.7 Å². The van der Waals surface area contributed by atoms with Crippen molar-refractivity contribution in [2.45, 2.75) is 6.10 Å². The fourth-order valence-corrected chi connectivity index (χ4v) is 4.47. The van der Waals surface area contributed by atoms with E-state index >= 15 is 0 Å². The molecule has 2 saturated heterocycles. The third kappa shape index (κ3) is 4.28. The lowest BCUT2D eigenvalue weighted by atomic mass is 10.2. The van der Waals surface area contributed by atoms with Gasteiger partial charge in [-0.15, -0.1) is 11.3 Å². The van der Waals surface area contributed by atoms with Crippen molar-refractivity contribution in [1.29, 1.82) is 0 Å². The fourth-order valence-electron chi connectivity index (χ4n) is 3.44. The lowest BCUT2D eigenvalue weighted by Crippen LogP contribution is -2.41. The van der Waals surface area contributed by atoms with Crippen molar-refractivity contribution in [2.75, 3.05) is 49.7 Å². The number of hydrogen-bond acceptors (Lipinski definition) is 6. The Morgan fingerprint density at radius 3 is 2.50 bits per heavy atom. The molecule has 1 aromatic heterocycles. The summed E-state index contributed by atoms with van der Waals surface area (Å²) in [4.78, 5) is 42.0. The molecule has 2 aliphatic heterocycles. The minimum Gasteiger partial charge on any atom is -0.442 e. The zero-order valence-corrected chi connectivity index (χ0v) is 17.8. The fraction of sp³-hybridized carbons (Fsp3) is 0.350. The summed E-state index contributed by atoms with van der Waals surface area (Å²) in [5.41, 5.74) is 1.43. The molecule has 0 spiro atoms. The van der Waals surface area contributed by atoms with Crippen molar-refractivity contribution in [3.8, 4) is 0 Å². The smallest absolute Gasteiger partial charge is 0.414 e. The number of anilines is 2. The van der Waals surface area contributed by atoms with Gasteiger partial charge in [0.15, 0.2) is 0 Å². The first-order valence-corrected chi connectivity index (χ1v) is 10.6. The summed E-state index contributed by atoms with van der Waals surface area (Å²) in [6.07, 6.45) is -0.905. The summed E-state index contributed by atoms with van der Waals surface area (Å²) in [5, 5.41) is 0. The number of rotatable bonds is 5. The maximum absolute atomic E-state index is 12.5. The zero-order valence-electron chi connectivity index (χ0n) is 16.2. The third-order valence-corrected chi connectivity index (χ3v) is 6.16. The molecule has 10 heteroatoms. The summed E-state index contributed by atoms with van der Waals surface area (Å²) in [7, 11) is 1.67. The molecule has 2 aliphatic rings. The molecule has 0 bridgehead atoms. The highest BCUT2D eigenvalue weighted by atomic mass is 35.5. The average Bonchev–Trinajstić information content (AvgIpc) is 3.33. The van der Waals surface area contributed by atoms with Crippen molar-refractivity contribution in [1.82, 2.24) is 4.90 Å². The zero-order chi connectivity index (χ0) is 21.3. The maximum atomic E-state index is 12.5. The largest absolute Gasteiger partial charge is 0.442 e. The summed E-state index contributed by atoms with van der Waals surface area (Å²) in [5.74, 6) is -0.254. The average molecular weight is 450 g/mol. The van der Waals surface area contributed by atoms with Crippen molar-refractivity contribution >= 4 is 52.2 Å². The van der Waals surface area contributed by atoms with E-state index in [9.17, 15) is 14.4 Å². The Hall–Kier alpha value is -2.62. The minimum absolute atomic E-state index is 0.0752. The first-order valence-electron chi connectivity index (χ1n) is 9.39. The number of halogens is 1. The minimum atomic E-state index is -0.463. The molecule has 30 heavy (non-hydrogen) atoms. The number of nitrogens with zero attached hydrogens (tertiary/aromatic N) is 3. The molecular formula is C20H20ClN3O5S. The van der Waals surface area contributed by atoms with Gasteiger partial charge in [-0.2, -0.15) is 0 Å². The standard InChI is InChI=1S/C20H20ClN3O5S/c1-22(19(26)16-6-7-17(21)30-16)10-15-11-24(20(27)29-15)14-4-2-13(3-5-14)23-8-9-28-12-18(23)25/h2-7,15H,8-12H2,1H3. The van der Waals surface area contributed by atoms with Gasteiger partial charge in [0, 0.05) is 25.0 Å². The number of thiophene rings is 1. The first kappa shape index (κ1) is 20.6. The number of carbonyl (C=O) groups excluding carboxylic acids is 3. The Labute approximate surface area is 182 Å². The van der Waals surface area contributed by atoms with Crippen LogP contribution < -0.4 is 9.80 Å². The molecule has 1 unspecified atom stereocenters. The van der Waals surface area contributed by atoms with E-state index in [1.807, 2.05) is 0 Å². The van der Waals surface area contributed by atoms with Crippen LogP contribution in [0.15, 0.2) is 36.4 Å². The number of benzene rings is 1. The predicted molar refractivity (Wildman–Crippen MR) is 114 cm³/mol. The topological polar surface area (TPSA) is 79.4 Å². The van der Waals surface area contributed by atoms with E-state index in [2.05, 4.69) is 0 Å². The van der Waals surface area contributed by atoms with E-state index in [-0.39, 0.29) is 25.0 Å². The molecule has 3 amide bonds. The van der Waals surface area contributed by atoms with Crippen LogP contribution >= 0.6 is 22.9 Å². The van der Waals surface area contributed by atoms with E-state index in [1.165, 1.54) is 21.1 Å². The van der Waals surface area contributed by atoms with Crippen molar-refractivity contribution in [2.24, 2.45) is 0 Å². The van der Waals surface area contributed by atoms with Gasteiger partial charge in [0.05, 0.1) is 28.9 Å². The SMILES string of the molecule is CN(CC1CN(c2ccc(N3CCOCC3=O)cc2)C(=O)O1)C(=O)c1ccc(Cl)s1. The van der Waals surface area contributed by atoms with Gasteiger partial charge in [0.25, 0.3) is 11.8 Å². The highest BCUT2D eigenvalue weighted by Crippen LogP contribution is 2.27. The van der Waals surface area contributed by atoms with Crippen LogP contribution in [-0.4, -0.2) is 68.8 Å². The Bertz CT molecular complexity index is 964. The van der Waals surface area contributed by atoms with E-state index < -0.39 is 12.2 Å². The van der Waals surface area contributed by atoms with Gasteiger partial charge in [-0.1, -0.05) is 11.6 Å². The van der Waals surface area contributed by atoms with E-state index in [0.29, 0.717) is 34.6 Å². The molecule has 8 nitrogen and oxygen atoms in total. The molecule has 4 rings (SSSR count). The van der Waals surface area contributed by atoms with Gasteiger partial charge in [-0.25, -0.2) is 4.79 Å². The Morgan fingerprint density at radius 2 is 1.87 bits per heavy atom. The first-order chi connectivity index (χ1) is 14.4. The van der Waals surface area contributed by atoms with Crippen molar-refractivity contribution in [3.05, 3.63) is 45.6 Å². The van der Waals surface area contributed by atoms with Crippen molar-refractivity contribution in [3.63, 3.8) is 0 Å². The second kappa shape index (κ2) is 8.63. The van der Waals surface area contributed by atoms with Crippen LogP contribution in [0.25, 0.3) is 0 Å². The Balaban J connectivity index is 1.38.